The van der Waals surface area contributed by atoms with Crippen molar-refractivity contribution in [2.75, 3.05) is 24.6 Å². The molecule has 0 saturated heterocycles. The van der Waals surface area contributed by atoms with Crippen LogP contribution >= 0.6 is 0 Å². The average molecular weight is 451 g/mol. The predicted octanol–water partition coefficient (Wildman–Crippen LogP) is 4.93. The highest BCUT2D eigenvalue weighted by molar-refractivity contribution is 5.82. The van der Waals surface area contributed by atoms with Gasteiger partial charge in [0, 0.05) is 37.3 Å². The minimum Gasteiger partial charge on any atom is -0.458 e. The second kappa shape index (κ2) is 12.0. The van der Waals surface area contributed by atoms with Crippen molar-refractivity contribution < 1.29 is 19.2 Å². The molecule has 0 aliphatic heterocycles. The summed E-state index contributed by atoms with van der Waals surface area (Å²) in [5.74, 6) is -0.541. The molecule has 0 spiro atoms. The molecule has 10 heteroatoms. The van der Waals surface area contributed by atoms with E-state index in [2.05, 4.69) is 10.2 Å². The van der Waals surface area contributed by atoms with Gasteiger partial charge in [0.05, 0.1) is 22.6 Å². The highest BCUT2D eigenvalue weighted by Crippen LogP contribution is 2.29. The van der Waals surface area contributed by atoms with Crippen LogP contribution in [0.5, 0.6) is 0 Å². The second-order valence-corrected chi connectivity index (χ2v) is 7.12. The van der Waals surface area contributed by atoms with Crippen molar-refractivity contribution in [1.29, 1.82) is 5.26 Å². The van der Waals surface area contributed by atoms with Crippen LogP contribution in [0.4, 0.5) is 22.7 Å². The van der Waals surface area contributed by atoms with Crippen molar-refractivity contribution >= 4 is 34.5 Å². The van der Waals surface area contributed by atoms with Crippen molar-refractivity contribution in [2.24, 2.45) is 10.2 Å². The van der Waals surface area contributed by atoms with E-state index in [-0.39, 0.29) is 35.7 Å². The molecule has 0 aliphatic rings. The van der Waals surface area contributed by atoms with Gasteiger partial charge in [0.25, 0.3) is 5.69 Å². The second-order valence-electron chi connectivity index (χ2n) is 7.12. The molecule has 0 aromatic heterocycles. The molecular formula is C23H25N5O5. The third-order valence-corrected chi connectivity index (χ3v) is 4.88. The van der Waals surface area contributed by atoms with Gasteiger partial charge < -0.3 is 9.64 Å². The van der Waals surface area contributed by atoms with Crippen molar-refractivity contribution in [3.8, 4) is 6.07 Å². The number of nitrogens with zero attached hydrogens (tertiary/aromatic N) is 5. The van der Waals surface area contributed by atoms with Gasteiger partial charge in [0.1, 0.15) is 18.4 Å². The highest BCUT2D eigenvalue weighted by atomic mass is 16.6. The lowest BCUT2D eigenvalue weighted by Crippen LogP contribution is -2.27. The number of hydrogen-bond acceptors (Lipinski definition) is 9. The molecule has 0 saturated carbocycles. The first-order valence-corrected chi connectivity index (χ1v) is 10.4. The minimum absolute atomic E-state index is 0.0619. The van der Waals surface area contributed by atoms with Gasteiger partial charge in [-0.15, -0.1) is 5.11 Å². The molecule has 0 amide bonds. The quantitative estimate of drug-likeness (QED) is 0.204. The van der Waals surface area contributed by atoms with Gasteiger partial charge in [-0.3, -0.25) is 19.7 Å². The number of ether oxygens (including phenoxy) is 1. The fourth-order valence-corrected chi connectivity index (χ4v) is 2.90. The summed E-state index contributed by atoms with van der Waals surface area (Å²) in [6.45, 7) is 6.45. The zero-order valence-corrected chi connectivity index (χ0v) is 18.8. The average Bonchev–Trinajstić information content (AvgIpc) is 2.82. The Kier molecular flexibility index (Phi) is 9.17. The topological polar surface area (TPSA) is 138 Å². The van der Waals surface area contributed by atoms with E-state index in [1.54, 1.807) is 13.0 Å². The Morgan fingerprint density at radius 1 is 1.15 bits per heavy atom. The number of non-ortho nitro benzene ring substituents is 1. The summed E-state index contributed by atoms with van der Waals surface area (Å²) in [5, 5.41) is 28.4. The molecule has 2 aromatic rings. The first-order chi connectivity index (χ1) is 15.8. The number of hydrogen-bond donors (Lipinski definition) is 0. The molecule has 0 heterocycles. The van der Waals surface area contributed by atoms with Gasteiger partial charge >= 0.3 is 5.97 Å². The number of anilines is 1. The van der Waals surface area contributed by atoms with E-state index in [1.165, 1.54) is 12.1 Å². The lowest BCUT2D eigenvalue weighted by Gasteiger charge is -2.23. The number of esters is 1. The molecule has 172 valence electrons. The summed E-state index contributed by atoms with van der Waals surface area (Å²) in [5.41, 5.74) is 2.40. The minimum atomic E-state index is -0.575. The summed E-state index contributed by atoms with van der Waals surface area (Å²) in [4.78, 5) is 35.5. The van der Waals surface area contributed by atoms with Gasteiger partial charge in [0.15, 0.2) is 5.78 Å². The molecule has 0 N–H and O–H groups in total. The van der Waals surface area contributed by atoms with Crippen LogP contribution in [0, 0.1) is 28.4 Å². The zero-order valence-electron chi connectivity index (χ0n) is 18.8. The molecule has 10 nitrogen and oxygen atoms in total. The first kappa shape index (κ1) is 25.1. The SMILES string of the molecule is CCC(=O)COC(=O)CCN(CC)c1ccc(/N=N/c2ccc([N+](=O)[O-])cc2C#N)c(C)c1. The third kappa shape index (κ3) is 7.21. The predicted molar refractivity (Wildman–Crippen MR) is 122 cm³/mol. The Hall–Kier alpha value is -4.13. The van der Waals surface area contributed by atoms with Crippen LogP contribution in [0.15, 0.2) is 46.6 Å². The van der Waals surface area contributed by atoms with Crippen molar-refractivity contribution in [3.63, 3.8) is 0 Å². The van der Waals surface area contributed by atoms with Gasteiger partial charge in [-0.1, -0.05) is 6.92 Å². The standard InChI is InChI=1S/C23H25N5O5/c1-4-20(29)15-33-23(30)10-11-27(5-2)18-6-8-21(16(3)12-18)25-26-22-9-7-19(28(31)32)13-17(22)14-24/h6-9,12-13H,4-5,10-11,15H2,1-3H3/b26-25+. The Morgan fingerprint density at radius 3 is 2.45 bits per heavy atom. The van der Waals surface area contributed by atoms with Gasteiger partial charge in [-0.2, -0.15) is 10.4 Å². The molecule has 0 aliphatic carbocycles. The lowest BCUT2D eigenvalue weighted by molar-refractivity contribution is -0.384. The van der Waals surface area contributed by atoms with Crippen LogP contribution in [-0.2, 0) is 14.3 Å². The summed E-state index contributed by atoms with van der Waals surface area (Å²) in [6, 6.07) is 11.2. The number of rotatable bonds is 11. The maximum Gasteiger partial charge on any atom is 0.308 e. The normalized spacial score (nSPS) is 10.6. The maximum atomic E-state index is 11.9. The number of carbonyl (C=O) groups is 2. The van der Waals surface area contributed by atoms with E-state index in [1.807, 2.05) is 36.9 Å². The van der Waals surface area contributed by atoms with Crippen LogP contribution in [0.1, 0.15) is 37.8 Å². The van der Waals surface area contributed by atoms with Crippen molar-refractivity contribution in [1.82, 2.24) is 0 Å². The molecule has 0 radical (unpaired) electrons. The zero-order chi connectivity index (χ0) is 24.4. The van der Waals surface area contributed by atoms with E-state index in [9.17, 15) is 25.0 Å². The molecule has 0 atom stereocenters. The summed E-state index contributed by atoms with van der Waals surface area (Å²) < 4.78 is 4.98. The van der Waals surface area contributed by atoms with Gasteiger partial charge in [0.2, 0.25) is 0 Å². The fraction of sp³-hybridized carbons (Fsp3) is 0.348. The number of aryl methyl sites for hydroxylation is 1. The maximum absolute atomic E-state index is 11.9. The number of Topliss-reactive ketones (excluding diaryl/α,β-unsaturated/α-hetero) is 1. The number of nitro benzene ring substituents is 1. The molecule has 0 bridgehead atoms. The van der Waals surface area contributed by atoms with E-state index in [4.69, 9.17) is 4.74 Å². The Labute approximate surface area is 191 Å². The highest BCUT2D eigenvalue weighted by Gasteiger charge is 2.13. The molecule has 33 heavy (non-hydrogen) atoms. The number of nitro groups is 1. The number of nitriles is 1. The monoisotopic (exact) mass is 451 g/mol. The van der Waals surface area contributed by atoms with E-state index < -0.39 is 10.9 Å². The van der Waals surface area contributed by atoms with Gasteiger partial charge in [-0.25, -0.2) is 0 Å². The van der Waals surface area contributed by atoms with Crippen LogP contribution < -0.4 is 4.90 Å². The van der Waals surface area contributed by atoms with E-state index >= 15 is 0 Å². The lowest BCUT2D eigenvalue weighted by atomic mass is 10.1. The van der Waals surface area contributed by atoms with Crippen LogP contribution in [0.2, 0.25) is 0 Å². The largest absolute Gasteiger partial charge is 0.458 e. The Morgan fingerprint density at radius 2 is 1.85 bits per heavy atom. The number of benzene rings is 2. The summed E-state index contributed by atoms with van der Waals surface area (Å²) >= 11 is 0. The smallest absolute Gasteiger partial charge is 0.308 e. The molecule has 2 rings (SSSR count). The van der Waals surface area contributed by atoms with Crippen molar-refractivity contribution in [3.05, 3.63) is 57.6 Å². The third-order valence-electron chi connectivity index (χ3n) is 4.88. The molecular weight excluding hydrogens is 426 g/mol. The molecule has 2 aromatic carbocycles. The first-order valence-electron chi connectivity index (χ1n) is 10.4. The van der Waals surface area contributed by atoms with Crippen molar-refractivity contribution in [2.45, 2.75) is 33.6 Å². The number of carbonyl (C=O) groups excluding carboxylic acids is 2. The number of azo groups is 1. The van der Waals surface area contributed by atoms with Crippen LogP contribution in [0.3, 0.4) is 0 Å². The fourth-order valence-electron chi connectivity index (χ4n) is 2.90. The van der Waals surface area contributed by atoms with E-state index in [0.29, 0.717) is 25.2 Å². The Bertz CT molecular complexity index is 1110. The Balaban J connectivity index is 2.09. The van der Waals surface area contributed by atoms with E-state index in [0.717, 1.165) is 17.3 Å². The van der Waals surface area contributed by atoms with Gasteiger partial charge in [-0.05, 0) is 43.7 Å². The summed E-state index contributed by atoms with van der Waals surface area (Å²) in [6.07, 6.45) is 0.488. The number of ketones is 1. The molecule has 0 fully saturated rings. The van der Waals surface area contributed by atoms with Crippen LogP contribution in [0.25, 0.3) is 0 Å². The molecule has 0 unspecified atom stereocenters. The van der Waals surface area contributed by atoms with Crippen LogP contribution in [-0.4, -0.2) is 36.4 Å². The summed E-state index contributed by atoms with van der Waals surface area (Å²) in [7, 11) is 0.